The third-order valence-electron chi connectivity index (χ3n) is 3.13. The highest BCUT2D eigenvalue weighted by Crippen LogP contribution is 2.20. The molecule has 1 amide bonds. The zero-order valence-corrected chi connectivity index (χ0v) is 10.7. The molecule has 0 bridgehead atoms. The Morgan fingerprint density at radius 1 is 1.53 bits per heavy atom. The predicted octanol–water partition coefficient (Wildman–Crippen LogP) is -0.0930. The Hall–Kier alpha value is -1.76. The van der Waals surface area contributed by atoms with Crippen molar-refractivity contribution in [2.24, 2.45) is 11.7 Å². The molecular formula is C12H18FN5O. The molecule has 0 radical (unpaired) electrons. The Kier molecular flexibility index (Phi) is 4.62. The molecule has 1 unspecified atom stereocenters. The van der Waals surface area contributed by atoms with Gasteiger partial charge in [0.05, 0.1) is 18.3 Å². The van der Waals surface area contributed by atoms with Crippen molar-refractivity contribution in [3.63, 3.8) is 0 Å². The topological polar surface area (TPSA) is 84.1 Å². The number of rotatable bonds is 4. The minimum atomic E-state index is -0.460. The summed E-state index contributed by atoms with van der Waals surface area (Å²) in [6.07, 6.45) is 4.01. The summed E-state index contributed by atoms with van der Waals surface area (Å²) in [5, 5.41) is 2.79. The minimum absolute atomic E-state index is 0.0114. The van der Waals surface area contributed by atoms with E-state index in [0.29, 0.717) is 25.6 Å². The molecule has 1 aromatic rings. The van der Waals surface area contributed by atoms with E-state index in [1.54, 1.807) is 0 Å². The Balaban J connectivity index is 1.96. The molecule has 0 spiro atoms. The van der Waals surface area contributed by atoms with Crippen molar-refractivity contribution in [2.45, 2.75) is 12.8 Å². The van der Waals surface area contributed by atoms with Gasteiger partial charge in [0.25, 0.3) is 0 Å². The SMILES string of the molecule is NCCNC(=O)C1CCCN(c2ncc(F)cn2)C1. The van der Waals surface area contributed by atoms with Crippen molar-refractivity contribution >= 4 is 11.9 Å². The summed E-state index contributed by atoms with van der Waals surface area (Å²) in [5.74, 6) is -0.0677. The molecule has 1 aromatic heterocycles. The van der Waals surface area contributed by atoms with Crippen molar-refractivity contribution in [2.75, 3.05) is 31.1 Å². The van der Waals surface area contributed by atoms with Crippen LogP contribution in [0.5, 0.6) is 0 Å². The number of hydrogen-bond donors (Lipinski definition) is 2. The van der Waals surface area contributed by atoms with Crippen LogP contribution in [0.15, 0.2) is 12.4 Å². The smallest absolute Gasteiger partial charge is 0.225 e. The third kappa shape index (κ3) is 3.60. The van der Waals surface area contributed by atoms with Gasteiger partial charge in [0.15, 0.2) is 5.82 Å². The average Bonchev–Trinajstić information content (AvgIpc) is 2.45. The molecule has 6 nitrogen and oxygen atoms in total. The zero-order valence-electron chi connectivity index (χ0n) is 10.7. The number of halogens is 1. The second-order valence-electron chi connectivity index (χ2n) is 4.57. The van der Waals surface area contributed by atoms with Crippen LogP contribution >= 0.6 is 0 Å². The summed E-state index contributed by atoms with van der Waals surface area (Å²) < 4.78 is 12.8. The second-order valence-corrected chi connectivity index (χ2v) is 4.57. The second kappa shape index (κ2) is 6.42. The van der Waals surface area contributed by atoms with Crippen LogP contribution in [-0.4, -0.2) is 42.1 Å². The maximum atomic E-state index is 12.8. The highest BCUT2D eigenvalue weighted by atomic mass is 19.1. The average molecular weight is 267 g/mol. The van der Waals surface area contributed by atoms with Gasteiger partial charge in [0.1, 0.15) is 0 Å². The summed E-state index contributed by atoms with van der Waals surface area (Å²) >= 11 is 0. The van der Waals surface area contributed by atoms with Crippen LogP contribution in [0.4, 0.5) is 10.3 Å². The quantitative estimate of drug-likeness (QED) is 0.796. The van der Waals surface area contributed by atoms with E-state index in [2.05, 4.69) is 15.3 Å². The van der Waals surface area contributed by atoms with Crippen molar-refractivity contribution in [1.82, 2.24) is 15.3 Å². The normalized spacial score (nSPS) is 19.3. The van der Waals surface area contributed by atoms with Crippen molar-refractivity contribution in [3.05, 3.63) is 18.2 Å². The van der Waals surface area contributed by atoms with Gasteiger partial charge in [0, 0.05) is 26.2 Å². The molecule has 0 saturated carbocycles. The number of nitrogens with two attached hydrogens (primary N) is 1. The van der Waals surface area contributed by atoms with Gasteiger partial charge in [-0.2, -0.15) is 0 Å². The molecule has 1 aliphatic rings. The molecule has 0 aromatic carbocycles. The van der Waals surface area contributed by atoms with Gasteiger partial charge < -0.3 is 16.0 Å². The number of nitrogens with one attached hydrogen (secondary N) is 1. The van der Waals surface area contributed by atoms with E-state index in [4.69, 9.17) is 5.73 Å². The number of aromatic nitrogens is 2. The van der Waals surface area contributed by atoms with E-state index < -0.39 is 5.82 Å². The Bertz CT molecular complexity index is 425. The monoisotopic (exact) mass is 267 g/mol. The van der Waals surface area contributed by atoms with Crippen molar-refractivity contribution < 1.29 is 9.18 Å². The number of piperidine rings is 1. The number of carbonyl (C=O) groups is 1. The van der Waals surface area contributed by atoms with Gasteiger partial charge in [-0.15, -0.1) is 0 Å². The van der Waals surface area contributed by atoms with E-state index in [0.717, 1.165) is 31.8 Å². The first kappa shape index (κ1) is 13.7. The number of carbonyl (C=O) groups excluding carboxylic acids is 1. The molecule has 19 heavy (non-hydrogen) atoms. The zero-order chi connectivity index (χ0) is 13.7. The first-order valence-corrected chi connectivity index (χ1v) is 6.41. The first-order chi connectivity index (χ1) is 9.20. The molecular weight excluding hydrogens is 249 g/mol. The number of amides is 1. The Labute approximate surface area is 111 Å². The molecule has 1 aliphatic heterocycles. The van der Waals surface area contributed by atoms with E-state index in [9.17, 15) is 9.18 Å². The van der Waals surface area contributed by atoms with Gasteiger partial charge >= 0.3 is 0 Å². The fourth-order valence-corrected chi connectivity index (χ4v) is 2.18. The first-order valence-electron chi connectivity index (χ1n) is 6.41. The molecule has 3 N–H and O–H groups in total. The van der Waals surface area contributed by atoms with Crippen LogP contribution < -0.4 is 16.0 Å². The highest BCUT2D eigenvalue weighted by molar-refractivity contribution is 5.79. The highest BCUT2D eigenvalue weighted by Gasteiger charge is 2.26. The summed E-state index contributed by atoms with van der Waals surface area (Å²) in [6, 6.07) is 0. The fourth-order valence-electron chi connectivity index (χ4n) is 2.18. The van der Waals surface area contributed by atoms with Gasteiger partial charge in [-0.25, -0.2) is 14.4 Å². The number of anilines is 1. The lowest BCUT2D eigenvalue weighted by Crippen LogP contribution is -2.44. The van der Waals surface area contributed by atoms with Gasteiger partial charge in [-0.1, -0.05) is 0 Å². The summed E-state index contributed by atoms with van der Waals surface area (Å²) in [5.41, 5.74) is 5.36. The van der Waals surface area contributed by atoms with Gasteiger partial charge in [-0.05, 0) is 12.8 Å². The van der Waals surface area contributed by atoms with Crippen LogP contribution in [0, 0.1) is 11.7 Å². The molecule has 0 aliphatic carbocycles. The Morgan fingerprint density at radius 3 is 2.95 bits per heavy atom. The Morgan fingerprint density at radius 2 is 2.26 bits per heavy atom. The minimum Gasteiger partial charge on any atom is -0.355 e. The van der Waals surface area contributed by atoms with Crippen LogP contribution in [0.2, 0.25) is 0 Å². The van der Waals surface area contributed by atoms with E-state index in [1.165, 1.54) is 0 Å². The van der Waals surface area contributed by atoms with E-state index in [-0.39, 0.29) is 11.8 Å². The molecule has 1 saturated heterocycles. The van der Waals surface area contributed by atoms with Crippen LogP contribution in [0.3, 0.4) is 0 Å². The van der Waals surface area contributed by atoms with Gasteiger partial charge in [-0.3, -0.25) is 4.79 Å². The molecule has 104 valence electrons. The fraction of sp³-hybridized carbons (Fsp3) is 0.583. The molecule has 2 heterocycles. The standard InChI is InChI=1S/C12H18FN5O/c13-10-6-16-12(17-7-10)18-5-1-2-9(8-18)11(19)15-4-3-14/h6-7,9H,1-5,8,14H2,(H,15,19). The predicted molar refractivity (Wildman–Crippen MR) is 69.0 cm³/mol. The lowest BCUT2D eigenvalue weighted by molar-refractivity contribution is -0.125. The van der Waals surface area contributed by atoms with E-state index in [1.807, 2.05) is 4.90 Å². The maximum absolute atomic E-state index is 12.8. The lowest BCUT2D eigenvalue weighted by atomic mass is 9.97. The van der Waals surface area contributed by atoms with Crippen LogP contribution in [-0.2, 0) is 4.79 Å². The molecule has 7 heteroatoms. The van der Waals surface area contributed by atoms with Gasteiger partial charge in [0.2, 0.25) is 11.9 Å². The molecule has 1 fully saturated rings. The number of hydrogen-bond acceptors (Lipinski definition) is 5. The lowest BCUT2D eigenvalue weighted by Gasteiger charge is -2.31. The molecule has 2 rings (SSSR count). The van der Waals surface area contributed by atoms with Crippen molar-refractivity contribution in [3.8, 4) is 0 Å². The van der Waals surface area contributed by atoms with Crippen LogP contribution in [0.1, 0.15) is 12.8 Å². The molecule has 1 atom stereocenters. The van der Waals surface area contributed by atoms with E-state index >= 15 is 0 Å². The largest absolute Gasteiger partial charge is 0.355 e. The van der Waals surface area contributed by atoms with Crippen molar-refractivity contribution in [1.29, 1.82) is 0 Å². The summed E-state index contributed by atoms with van der Waals surface area (Å²) in [7, 11) is 0. The van der Waals surface area contributed by atoms with Crippen LogP contribution in [0.25, 0.3) is 0 Å². The third-order valence-corrected chi connectivity index (χ3v) is 3.13. The number of nitrogens with zero attached hydrogens (tertiary/aromatic N) is 3. The summed E-state index contributed by atoms with van der Waals surface area (Å²) in [4.78, 5) is 21.7. The summed E-state index contributed by atoms with van der Waals surface area (Å²) in [6.45, 7) is 2.26. The maximum Gasteiger partial charge on any atom is 0.225 e.